The van der Waals surface area contributed by atoms with Gasteiger partial charge in [0, 0.05) is 6.92 Å². The number of aliphatic hydroxyl groups excluding tert-OH is 1. The number of carbonyl (C=O) groups excluding carboxylic acids is 3. The number of nitrogens with zero attached hydrogens (tertiary/aromatic N) is 1. The number of esters is 2. The largest absolute Gasteiger partial charge is 0.497 e. The average molecular weight is 375 g/mol. The SMILES string of the molecule is COc1ccc(C2=C(C(=O)OCOC(C)=O)N3C(=O)[C@H]([C@@H](C)O)[C@H]3C2)cc1. The smallest absolute Gasteiger partial charge is 0.358 e. The molecule has 2 heterocycles. The van der Waals surface area contributed by atoms with Crippen molar-refractivity contribution in [3.8, 4) is 5.75 Å². The second-order valence-electron chi connectivity index (χ2n) is 6.49. The summed E-state index contributed by atoms with van der Waals surface area (Å²) in [4.78, 5) is 37.3. The number of ether oxygens (including phenoxy) is 3. The van der Waals surface area contributed by atoms with Gasteiger partial charge in [0.1, 0.15) is 11.4 Å². The summed E-state index contributed by atoms with van der Waals surface area (Å²) in [5.74, 6) is -1.54. The van der Waals surface area contributed by atoms with Gasteiger partial charge in [-0.05, 0) is 36.6 Å². The van der Waals surface area contributed by atoms with Crippen LogP contribution >= 0.6 is 0 Å². The van der Waals surface area contributed by atoms with E-state index in [1.165, 1.54) is 11.8 Å². The summed E-state index contributed by atoms with van der Waals surface area (Å²) in [6, 6.07) is 6.80. The molecule has 0 radical (unpaired) electrons. The first-order valence-corrected chi connectivity index (χ1v) is 8.54. The molecule has 8 nitrogen and oxygen atoms in total. The van der Waals surface area contributed by atoms with E-state index in [0.717, 1.165) is 5.56 Å². The quantitative estimate of drug-likeness (QED) is 0.451. The number of benzene rings is 1. The molecule has 2 aliphatic rings. The van der Waals surface area contributed by atoms with Gasteiger partial charge < -0.3 is 24.2 Å². The Hall–Kier alpha value is -2.87. The molecule has 2 aliphatic heterocycles. The molecule has 1 fully saturated rings. The number of amides is 1. The first-order valence-electron chi connectivity index (χ1n) is 8.54. The summed E-state index contributed by atoms with van der Waals surface area (Å²) < 4.78 is 14.8. The summed E-state index contributed by atoms with van der Waals surface area (Å²) >= 11 is 0. The molecule has 1 amide bonds. The number of β-lactam (4-membered cyclic amide) rings is 1. The third-order valence-corrected chi connectivity index (χ3v) is 4.81. The lowest BCUT2D eigenvalue weighted by Gasteiger charge is -2.44. The van der Waals surface area contributed by atoms with Crippen LogP contribution in [0.5, 0.6) is 5.75 Å². The Morgan fingerprint density at radius 1 is 1.26 bits per heavy atom. The molecule has 1 N–H and O–H groups in total. The number of carbonyl (C=O) groups is 3. The highest BCUT2D eigenvalue weighted by Gasteiger charge is 2.57. The molecule has 144 valence electrons. The maximum absolute atomic E-state index is 12.6. The van der Waals surface area contributed by atoms with Crippen LogP contribution in [0.1, 0.15) is 25.8 Å². The molecule has 0 bridgehead atoms. The summed E-state index contributed by atoms with van der Waals surface area (Å²) in [5, 5.41) is 9.89. The Bertz CT molecular complexity index is 797. The fourth-order valence-corrected chi connectivity index (χ4v) is 3.54. The number of fused-ring (bicyclic) bond motifs is 1. The van der Waals surface area contributed by atoms with Crippen LogP contribution in [0.15, 0.2) is 30.0 Å². The van der Waals surface area contributed by atoms with E-state index in [1.807, 2.05) is 0 Å². The van der Waals surface area contributed by atoms with Crippen molar-refractivity contribution in [2.45, 2.75) is 32.4 Å². The Morgan fingerprint density at radius 3 is 2.48 bits per heavy atom. The standard InChI is InChI=1S/C19H21NO7/c1-10(21)16-15-8-14(12-4-6-13(25-3)7-5-12)17(20(15)18(16)23)19(24)27-9-26-11(2)22/h4-7,10,15-16,21H,8-9H2,1-3H3/t10-,15-,16-/m1/s1. The van der Waals surface area contributed by atoms with E-state index < -0.39 is 30.8 Å². The molecule has 1 aromatic carbocycles. The van der Waals surface area contributed by atoms with E-state index in [1.54, 1.807) is 38.3 Å². The lowest BCUT2D eigenvalue weighted by atomic mass is 9.82. The molecular formula is C19H21NO7. The van der Waals surface area contributed by atoms with E-state index in [4.69, 9.17) is 9.47 Å². The van der Waals surface area contributed by atoms with Crippen molar-refractivity contribution in [3.63, 3.8) is 0 Å². The Labute approximate surface area is 156 Å². The van der Waals surface area contributed by atoms with Crippen LogP contribution in [0.3, 0.4) is 0 Å². The maximum atomic E-state index is 12.6. The fourth-order valence-electron chi connectivity index (χ4n) is 3.54. The van der Waals surface area contributed by atoms with Gasteiger partial charge in [-0.25, -0.2) is 4.79 Å². The minimum atomic E-state index is -0.813. The van der Waals surface area contributed by atoms with E-state index in [9.17, 15) is 19.5 Å². The number of methoxy groups -OCH3 is 1. The first-order chi connectivity index (χ1) is 12.8. The van der Waals surface area contributed by atoms with E-state index >= 15 is 0 Å². The predicted molar refractivity (Wildman–Crippen MR) is 93.1 cm³/mol. The van der Waals surface area contributed by atoms with Crippen LogP contribution in [0.25, 0.3) is 5.57 Å². The van der Waals surface area contributed by atoms with Gasteiger partial charge in [-0.15, -0.1) is 0 Å². The molecule has 27 heavy (non-hydrogen) atoms. The van der Waals surface area contributed by atoms with Gasteiger partial charge in [-0.3, -0.25) is 9.59 Å². The van der Waals surface area contributed by atoms with Crippen molar-refractivity contribution in [2.24, 2.45) is 5.92 Å². The summed E-state index contributed by atoms with van der Waals surface area (Å²) in [6.07, 6.45) is -0.390. The highest BCUT2D eigenvalue weighted by atomic mass is 16.7. The zero-order valence-corrected chi connectivity index (χ0v) is 15.3. The van der Waals surface area contributed by atoms with Crippen LogP contribution in [0.4, 0.5) is 0 Å². The van der Waals surface area contributed by atoms with Crippen molar-refractivity contribution < 1.29 is 33.7 Å². The number of hydrogen-bond acceptors (Lipinski definition) is 7. The van der Waals surface area contributed by atoms with Crippen molar-refractivity contribution in [1.82, 2.24) is 4.90 Å². The van der Waals surface area contributed by atoms with E-state index in [0.29, 0.717) is 17.7 Å². The summed E-state index contributed by atoms with van der Waals surface area (Å²) in [5.41, 5.74) is 1.52. The Morgan fingerprint density at radius 2 is 1.93 bits per heavy atom. The lowest BCUT2D eigenvalue weighted by Crippen LogP contribution is -2.61. The van der Waals surface area contributed by atoms with E-state index in [-0.39, 0.29) is 17.6 Å². The van der Waals surface area contributed by atoms with Crippen LogP contribution in [0, 0.1) is 5.92 Å². The second-order valence-corrected chi connectivity index (χ2v) is 6.49. The van der Waals surface area contributed by atoms with Gasteiger partial charge in [0.2, 0.25) is 12.7 Å². The number of rotatable bonds is 6. The molecular weight excluding hydrogens is 354 g/mol. The van der Waals surface area contributed by atoms with Crippen LogP contribution in [-0.2, 0) is 23.9 Å². The van der Waals surface area contributed by atoms with Crippen LogP contribution < -0.4 is 4.74 Å². The molecule has 0 aromatic heterocycles. The highest BCUT2D eigenvalue weighted by molar-refractivity contribution is 6.06. The van der Waals surface area contributed by atoms with Gasteiger partial charge in [0.15, 0.2) is 0 Å². The van der Waals surface area contributed by atoms with Crippen molar-refractivity contribution >= 4 is 23.4 Å². The molecule has 1 saturated heterocycles. The van der Waals surface area contributed by atoms with Crippen molar-refractivity contribution in [1.29, 1.82) is 0 Å². The van der Waals surface area contributed by atoms with Gasteiger partial charge in [-0.2, -0.15) is 0 Å². The Kier molecular flexibility index (Phi) is 5.18. The van der Waals surface area contributed by atoms with Gasteiger partial charge in [0.25, 0.3) is 0 Å². The topological polar surface area (TPSA) is 102 Å². The van der Waals surface area contributed by atoms with E-state index in [2.05, 4.69) is 4.74 Å². The number of aliphatic hydroxyl groups is 1. The second kappa shape index (κ2) is 7.40. The molecule has 3 rings (SSSR count). The molecule has 1 aromatic rings. The molecule has 0 spiro atoms. The summed E-state index contributed by atoms with van der Waals surface area (Å²) in [7, 11) is 1.56. The molecule has 3 atom stereocenters. The minimum Gasteiger partial charge on any atom is -0.497 e. The maximum Gasteiger partial charge on any atom is 0.358 e. The highest BCUT2D eigenvalue weighted by Crippen LogP contribution is 2.47. The van der Waals surface area contributed by atoms with Crippen molar-refractivity contribution in [2.75, 3.05) is 13.9 Å². The zero-order valence-electron chi connectivity index (χ0n) is 15.3. The van der Waals surface area contributed by atoms with Gasteiger partial charge in [-0.1, -0.05) is 12.1 Å². The minimum absolute atomic E-state index is 0.124. The molecule has 0 unspecified atom stereocenters. The summed E-state index contributed by atoms with van der Waals surface area (Å²) in [6.45, 7) is 2.23. The average Bonchev–Trinajstić information content (AvgIpc) is 2.96. The lowest BCUT2D eigenvalue weighted by molar-refractivity contribution is -0.170. The fraction of sp³-hybridized carbons (Fsp3) is 0.421. The van der Waals surface area contributed by atoms with Gasteiger partial charge in [0.05, 0.1) is 25.2 Å². The molecule has 0 saturated carbocycles. The third-order valence-electron chi connectivity index (χ3n) is 4.81. The Balaban J connectivity index is 1.91. The first kappa shape index (κ1) is 18.9. The molecule has 0 aliphatic carbocycles. The van der Waals surface area contributed by atoms with Crippen LogP contribution in [-0.4, -0.2) is 53.9 Å². The van der Waals surface area contributed by atoms with Crippen LogP contribution in [0.2, 0.25) is 0 Å². The third kappa shape index (κ3) is 3.40. The number of hydrogen-bond donors (Lipinski definition) is 1. The zero-order chi connectivity index (χ0) is 19.7. The predicted octanol–water partition coefficient (Wildman–Crippen LogP) is 1.08. The molecule has 8 heteroatoms. The van der Waals surface area contributed by atoms with Gasteiger partial charge >= 0.3 is 11.9 Å². The monoisotopic (exact) mass is 375 g/mol. The normalized spacial score (nSPS) is 22.1. The van der Waals surface area contributed by atoms with Crippen molar-refractivity contribution in [3.05, 3.63) is 35.5 Å².